The molecule has 1 aromatic rings. The van der Waals surface area contributed by atoms with E-state index in [4.69, 9.17) is 4.74 Å². The fourth-order valence-corrected chi connectivity index (χ4v) is 1.56. The summed E-state index contributed by atoms with van der Waals surface area (Å²) in [6, 6.07) is 7.85. The van der Waals surface area contributed by atoms with Crippen LogP contribution in [0.4, 0.5) is 0 Å². The summed E-state index contributed by atoms with van der Waals surface area (Å²) < 4.78 is 5.46. The van der Waals surface area contributed by atoms with Crippen LogP contribution in [0.1, 0.15) is 32.8 Å². The molecule has 0 fully saturated rings. The molecule has 0 saturated heterocycles. The lowest BCUT2D eigenvalue weighted by Gasteiger charge is -2.09. The third-order valence-corrected chi connectivity index (χ3v) is 2.72. The lowest BCUT2D eigenvalue weighted by Crippen LogP contribution is -2.30. The number of hydrogen-bond donors (Lipinski definition) is 1. The van der Waals surface area contributed by atoms with Gasteiger partial charge in [-0.3, -0.25) is 4.79 Å². The van der Waals surface area contributed by atoms with E-state index >= 15 is 0 Å². The average molecular weight is 249 g/mol. The molecule has 0 aromatic heterocycles. The van der Waals surface area contributed by atoms with E-state index in [1.54, 1.807) is 0 Å². The number of carbonyl (C=O) groups is 1. The third-order valence-electron chi connectivity index (χ3n) is 2.72. The van der Waals surface area contributed by atoms with E-state index in [1.807, 2.05) is 18.2 Å². The normalized spacial score (nSPS) is 10.4. The van der Waals surface area contributed by atoms with E-state index in [-0.39, 0.29) is 12.5 Å². The number of carbonyl (C=O) groups excluding carboxylic acids is 1. The first-order valence-electron chi connectivity index (χ1n) is 6.60. The van der Waals surface area contributed by atoms with Crippen molar-refractivity contribution in [2.24, 2.45) is 5.92 Å². The Labute approximate surface area is 110 Å². The van der Waals surface area contributed by atoms with Crippen LogP contribution in [0, 0.1) is 5.92 Å². The van der Waals surface area contributed by atoms with E-state index in [0.29, 0.717) is 5.92 Å². The van der Waals surface area contributed by atoms with Crippen molar-refractivity contribution in [3.05, 3.63) is 29.8 Å². The Hall–Kier alpha value is -1.51. The number of nitrogens with one attached hydrogen (secondary N) is 1. The third kappa shape index (κ3) is 5.71. The first-order valence-corrected chi connectivity index (χ1v) is 6.60. The van der Waals surface area contributed by atoms with Gasteiger partial charge in [-0.25, -0.2) is 0 Å². The molecule has 0 radical (unpaired) electrons. The summed E-state index contributed by atoms with van der Waals surface area (Å²) in [6.07, 6.45) is 1.97. The van der Waals surface area contributed by atoms with Crippen LogP contribution in [0.3, 0.4) is 0 Å². The van der Waals surface area contributed by atoms with Gasteiger partial charge in [-0.05, 0) is 36.5 Å². The minimum atomic E-state index is -0.0578. The summed E-state index contributed by atoms with van der Waals surface area (Å²) >= 11 is 0. The van der Waals surface area contributed by atoms with E-state index in [1.165, 1.54) is 5.56 Å². The molecule has 1 rings (SSSR count). The molecule has 3 nitrogen and oxygen atoms in total. The van der Waals surface area contributed by atoms with Gasteiger partial charge >= 0.3 is 0 Å². The maximum absolute atomic E-state index is 11.5. The van der Waals surface area contributed by atoms with Crippen molar-refractivity contribution in [2.75, 3.05) is 13.2 Å². The molecule has 0 spiro atoms. The second kappa shape index (κ2) is 7.75. The van der Waals surface area contributed by atoms with Gasteiger partial charge in [0.2, 0.25) is 0 Å². The van der Waals surface area contributed by atoms with Crippen LogP contribution < -0.4 is 10.1 Å². The predicted molar refractivity (Wildman–Crippen MR) is 73.8 cm³/mol. The number of benzene rings is 1. The molecular formula is C15H23NO2. The van der Waals surface area contributed by atoms with Crippen molar-refractivity contribution < 1.29 is 9.53 Å². The second-order valence-corrected chi connectivity index (χ2v) is 4.82. The molecule has 1 amide bonds. The lowest BCUT2D eigenvalue weighted by molar-refractivity contribution is -0.123. The molecule has 18 heavy (non-hydrogen) atoms. The molecule has 100 valence electrons. The lowest BCUT2D eigenvalue weighted by atomic mass is 10.1. The Balaban J connectivity index is 2.29. The standard InChI is InChI=1S/C15H23NO2/c1-4-13-6-5-7-14(10-13)18-11-15(17)16-9-8-12(2)3/h5-7,10,12H,4,8-9,11H2,1-3H3,(H,16,17). The van der Waals surface area contributed by atoms with E-state index < -0.39 is 0 Å². The largest absolute Gasteiger partial charge is 0.484 e. The zero-order valence-corrected chi connectivity index (χ0v) is 11.5. The Bertz CT molecular complexity index is 375. The summed E-state index contributed by atoms with van der Waals surface area (Å²) in [7, 11) is 0. The van der Waals surface area contributed by atoms with Gasteiger partial charge in [-0.1, -0.05) is 32.9 Å². The van der Waals surface area contributed by atoms with Crippen LogP contribution in [0.15, 0.2) is 24.3 Å². The molecular weight excluding hydrogens is 226 g/mol. The van der Waals surface area contributed by atoms with E-state index in [9.17, 15) is 4.79 Å². The molecule has 3 heteroatoms. The zero-order valence-electron chi connectivity index (χ0n) is 11.5. The molecule has 0 aliphatic carbocycles. The zero-order chi connectivity index (χ0) is 13.4. The van der Waals surface area contributed by atoms with Gasteiger partial charge in [-0.2, -0.15) is 0 Å². The average Bonchev–Trinajstić information content (AvgIpc) is 2.36. The highest BCUT2D eigenvalue weighted by molar-refractivity contribution is 5.77. The Morgan fingerprint density at radius 1 is 1.39 bits per heavy atom. The SMILES string of the molecule is CCc1cccc(OCC(=O)NCCC(C)C)c1. The van der Waals surface area contributed by atoms with Gasteiger partial charge < -0.3 is 10.1 Å². The Kier molecular flexibility index (Phi) is 6.26. The monoisotopic (exact) mass is 249 g/mol. The van der Waals surface area contributed by atoms with Crippen LogP contribution >= 0.6 is 0 Å². The molecule has 1 N–H and O–H groups in total. The summed E-state index contributed by atoms with van der Waals surface area (Å²) in [4.78, 5) is 11.5. The summed E-state index contributed by atoms with van der Waals surface area (Å²) in [5.74, 6) is 1.30. The number of hydrogen-bond acceptors (Lipinski definition) is 2. The van der Waals surface area contributed by atoms with Crippen LogP contribution in [-0.2, 0) is 11.2 Å². The van der Waals surface area contributed by atoms with Crippen molar-refractivity contribution >= 4 is 5.91 Å². The first-order chi connectivity index (χ1) is 8.61. The Morgan fingerprint density at radius 2 is 2.17 bits per heavy atom. The van der Waals surface area contributed by atoms with Gasteiger partial charge in [0, 0.05) is 6.54 Å². The summed E-state index contributed by atoms with van der Waals surface area (Å²) in [5, 5.41) is 2.85. The van der Waals surface area contributed by atoms with Crippen molar-refractivity contribution in [1.82, 2.24) is 5.32 Å². The van der Waals surface area contributed by atoms with Crippen LogP contribution in [0.2, 0.25) is 0 Å². The van der Waals surface area contributed by atoms with Gasteiger partial charge in [0.1, 0.15) is 5.75 Å². The highest BCUT2D eigenvalue weighted by Crippen LogP contribution is 2.13. The maximum atomic E-state index is 11.5. The minimum absolute atomic E-state index is 0.0578. The van der Waals surface area contributed by atoms with Crippen LogP contribution in [-0.4, -0.2) is 19.1 Å². The molecule has 0 bridgehead atoms. The molecule has 0 atom stereocenters. The number of amides is 1. The van der Waals surface area contributed by atoms with Crippen molar-refractivity contribution in [3.8, 4) is 5.75 Å². The predicted octanol–water partition coefficient (Wildman–Crippen LogP) is 2.79. The number of aryl methyl sites for hydroxylation is 1. The van der Waals surface area contributed by atoms with Crippen LogP contribution in [0.25, 0.3) is 0 Å². The van der Waals surface area contributed by atoms with Gasteiger partial charge in [0.15, 0.2) is 6.61 Å². The van der Waals surface area contributed by atoms with Gasteiger partial charge in [0.25, 0.3) is 5.91 Å². The van der Waals surface area contributed by atoms with Gasteiger partial charge in [-0.15, -0.1) is 0 Å². The fraction of sp³-hybridized carbons (Fsp3) is 0.533. The highest BCUT2D eigenvalue weighted by atomic mass is 16.5. The molecule has 1 aromatic carbocycles. The van der Waals surface area contributed by atoms with E-state index in [0.717, 1.165) is 25.1 Å². The smallest absolute Gasteiger partial charge is 0.257 e. The van der Waals surface area contributed by atoms with Crippen molar-refractivity contribution in [1.29, 1.82) is 0 Å². The Morgan fingerprint density at radius 3 is 2.83 bits per heavy atom. The minimum Gasteiger partial charge on any atom is -0.484 e. The second-order valence-electron chi connectivity index (χ2n) is 4.82. The molecule has 0 saturated carbocycles. The van der Waals surface area contributed by atoms with E-state index in [2.05, 4.69) is 32.2 Å². The summed E-state index contributed by atoms with van der Waals surface area (Å²) in [5.41, 5.74) is 1.22. The first kappa shape index (κ1) is 14.6. The summed E-state index contributed by atoms with van der Waals surface area (Å²) in [6.45, 7) is 7.18. The molecule has 0 heterocycles. The fourth-order valence-electron chi connectivity index (χ4n) is 1.56. The molecule has 0 unspecified atom stereocenters. The van der Waals surface area contributed by atoms with Gasteiger partial charge in [0.05, 0.1) is 0 Å². The topological polar surface area (TPSA) is 38.3 Å². The quantitative estimate of drug-likeness (QED) is 0.807. The molecule has 0 aliphatic rings. The number of ether oxygens (including phenoxy) is 1. The van der Waals surface area contributed by atoms with Crippen LogP contribution in [0.5, 0.6) is 5.75 Å². The number of rotatable bonds is 7. The van der Waals surface area contributed by atoms with Crippen molar-refractivity contribution in [3.63, 3.8) is 0 Å². The molecule has 0 aliphatic heterocycles. The highest BCUT2D eigenvalue weighted by Gasteiger charge is 2.03. The van der Waals surface area contributed by atoms with Crippen molar-refractivity contribution in [2.45, 2.75) is 33.6 Å². The maximum Gasteiger partial charge on any atom is 0.257 e.